The number of carbonyl (C=O) groups is 3. The number of epoxide rings is 1. The molecule has 0 bridgehead atoms. The number of alkyl halides is 2. The summed E-state index contributed by atoms with van der Waals surface area (Å²) >= 11 is 0.543. The van der Waals surface area contributed by atoms with Gasteiger partial charge in [-0.15, -0.1) is 0 Å². The van der Waals surface area contributed by atoms with E-state index in [1.807, 2.05) is 20.8 Å². The van der Waals surface area contributed by atoms with Crippen LogP contribution in [-0.2, 0) is 23.9 Å². The molecule has 0 aromatic carbocycles. The lowest BCUT2D eigenvalue weighted by molar-refractivity contribution is -0.187. The molecule has 0 N–H and O–H groups in total. The molecule has 0 amide bonds. The minimum absolute atomic E-state index is 0.105. The van der Waals surface area contributed by atoms with Gasteiger partial charge in [0.2, 0.25) is 5.12 Å². The number of thioether (sulfide) groups is 1. The second-order valence-electron chi connectivity index (χ2n) is 10.7. The highest BCUT2D eigenvalue weighted by Gasteiger charge is 2.83. The smallest absolute Gasteiger partial charge is 0.306 e. The van der Waals surface area contributed by atoms with Crippen LogP contribution in [0.15, 0.2) is 23.8 Å². The van der Waals surface area contributed by atoms with Crippen LogP contribution >= 0.6 is 11.8 Å². The predicted octanol–water partition coefficient (Wildman–Crippen LogP) is 4.50. The molecule has 1 saturated heterocycles. The van der Waals surface area contributed by atoms with Crippen molar-refractivity contribution in [1.29, 1.82) is 0 Å². The molecule has 4 aliphatic carbocycles. The second kappa shape index (κ2) is 7.23. The number of allylic oxidation sites excluding steroid dienone is 2. The topological polar surface area (TPSA) is 73.0 Å². The first-order valence-corrected chi connectivity index (χ1v) is 12.7. The number of halogens is 2. The van der Waals surface area contributed by atoms with E-state index < -0.39 is 45.3 Å². The van der Waals surface area contributed by atoms with Crippen molar-refractivity contribution in [3.8, 4) is 0 Å². The van der Waals surface area contributed by atoms with Gasteiger partial charge >= 0.3 is 5.97 Å². The van der Waals surface area contributed by atoms with Crippen molar-refractivity contribution in [2.45, 2.75) is 76.9 Å². The summed E-state index contributed by atoms with van der Waals surface area (Å²) in [4.78, 5) is 38.0. The van der Waals surface area contributed by atoms with Crippen LogP contribution in [0.3, 0.4) is 0 Å². The van der Waals surface area contributed by atoms with Gasteiger partial charge in [0, 0.05) is 23.2 Å². The summed E-state index contributed by atoms with van der Waals surface area (Å²) in [6.45, 7) is 7.42. The van der Waals surface area contributed by atoms with Crippen LogP contribution in [0.4, 0.5) is 8.78 Å². The van der Waals surface area contributed by atoms with Crippen LogP contribution in [-0.4, -0.2) is 46.4 Å². The normalized spacial score (nSPS) is 49.3. The van der Waals surface area contributed by atoms with Gasteiger partial charge in [0.1, 0.15) is 17.8 Å². The third-order valence-electron chi connectivity index (χ3n) is 9.51. The standard InChI is InChI=1S/C25H30F2O5S/c1-5-20(29)32-24(21(30)33-12-26)13(2)8-15-16-10-18(27)17-9-14(28)6-7-22(17,3)25(16)19(31-25)11-23(15,24)4/h6-7,9,13,15-16,18-19H,5,8,10-12H2,1-4H3/t13-,15?,16?,18+,19+,22+,23+,24+,25?/m1/s1. The van der Waals surface area contributed by atoms with E-state index in [0.717, 1.165) is 0 Å². The molecule has 8 heteroatoms. The number of hydrogen-bond donors (Lipinski definition) is 0. The molecule has 0 aromatic rings. The molecule has 5 aliphatic rings. The Labute approximate surface area is 196 Å². The van der Waals surface area contributed by atoms with E-state index in [4.69, 9.17) is 9.47 Å². The Balaban J connectivity index is 1.62. The van der Waals surface area contributed by atoms with Gasteiger partial charge in [-0.05, 0) is 67.5 Å². The first kappa shape index (κ1) is 23.2. The maximum absolute atomic E-state index is 15.6. The van der Waals surface area contributed by atoms with Crippen LogP contribution in [0.25, 0.3) is 0 Å². The number of rotatable bonds is 4. The van der Waals surface area contributed by atoms with Crippen LogP contribution in [0.2, 0.25) is 0 Å². The molecule has 3 saturated carbocycles. The van der Waals surface area contributed by atoms with Crippen molar-refractivity contribution in [2.75, 3.05) is 6.01 Å². The maximum Gasteiger partial charge on any atom is 0.306 e. The molecule has 1 heterocycles. The first-order chi connectivity index (χ1) is 15.5. The SMILES string of the molecule is CCC(=O)O[C@]1(C(=O)SCF)[C@H](C)CC2C3C[C@H](F)C4=CC(=O)C=C[C@]4(C)C34O[C@H]4C[C@@]21C. The van der Waals surface area contributed by atoms with Gasteiger partial charge < -0.3 is 9.47 Å². The molecule has 1 spiro atoms. The second-order valence-corrected chi connectivity index (χ2v) is 11.6. The molecule has 180 valence electrons. The minimum atomic E-state index is -1.49. The molecule has 5 rings (SSSR count). The van der Waals surface area contributed by atoms with Crippen molar-refractivity contribution in [3.05, 3.63) is 23.8 Å². The van der Waals surface area contributed by atoms with Gasteiger partial charge in [-0.25, -0.2) is 8.78 Å². The fourth-order valence-electron chi connectivity index (χ4n) is 8.06. The summed E-state index contributed by atoms with van der Waals surface area (Å²) in [6.07, 6.45) is 4.43. The highest BCUT2D eigenvalue weighted by atomic mass is 32.2. The van der Waals surface area contributed by atoms with Crippen LogP contribution in [0, 0.1) is 28.6 Å². The highest BCUT2D eigenvalue weighted by Crippen LogP contribution is 2.77. The molecule has 33 heavy (non-hydrogen) atoms. The summed E-state index contributed by atoms with van der Waals surface area (Å²) in [5, 5.41) is -0.472. The minimum Gasteiger partial charge on any atom is -0.449 e. The third kappa shape index (κ3) is 2.65. The van der Waals surface area contributed by atoms with Crippen molar-refractivity contribution >= 4 is 28.6 Å². The molecule has 5 nitrogen and oxygen atoms in total. The Morgan fingerprint density at radius 2 is 2.00 bits per heavy atom. The predicted molar refractivity (Wildman–Crippen MR) is 119 cm³/mol. The van der Waals surface area contributed by atoms with E-state index in [1.54, 1.807) is 13.0 Å². The monoisotopic (exact) mass is 480 g/mol. The first-order valence-electron chi connectivity index (χ1n) is 11.7. The lowest BCUT2D eigenvalue weighted by Gasteiger charge is -2.56. The summed E-state index contributed by atoms with van der Waals surface area (Å²) in [5.74, 6) is -1.42. The summed E-state index contributed by atoms with van der Waals surface area (Å²) < 4.78 is 41.3. The molecule has 0 aromatic heterocycles. The maximum atomic E-state index is 15.6. The highest BCUT2D eigenvalue weighted by molar-refractivity contribution is 8.13. The lowest BCUT2D eigenvalue weighted by atomic mass is 9.46. The molecular formula is C25H30F2O5S. The van der Waals surface area contributed by atoms with Gasteiger partial charge in [-0.1, -0.05) is 26.8 Å². The van der Waals surface area contributed by atoms with Gasteiger partial charge in [0.15, 0.2) is 11.4 Å². The molecule has 0 radical (unpaired) electrons. The zero-order valence-corrected chi connectivity index (χ0v) is 20.2. The number of esters is 1. The zero-order valence-electron chi connectivity index (χ0n) is 19.4. The zero-order chi connectivity index (χ0) is 24.0. The fraction of sp³-hybridized carbons (Fsp3) is 0.720. The summed E-state index contributed by atoms with van der Waals surface area (Å²) in [6, 6.07) is -0.900. The van der Waals surface area contributed by atoms with Crippen LogP contribution < -0.4 is 0 Å². The Morgan fingerprint density at radius 3 is 2.67 bits per heavy atom. The Hall–Kier alpha value is -1.54. The molecule has 4 fully saturated rings. The van der Waals surface area contributed by atoms with Crippen molar-refractivity contribution in [1.82, 2.24) is 0 Å². The van der Waals surface area contributed by atoms with Gasteiger partial charge in [0.25, 0.3) is 0 Å². The number of fused-ring (bicyclic) bond motifs is 3. The van der Waals surface area contributed by atoms with Crippen LogP contribution in [0.5, 0.6) is 0 Å². The summed E-state index contributed by atoms with van der Waals surface area (Å²) in [5.41, 5.74) is -3.22. The molecular weight excluding hydrogens is 450 g/mol. The van der Waals surface area contributed by atoms with Crippen molar-refractivity contribution < 1.29 is 32.6 Å². The quantitative estimate of drug-likeness (QED) is 0.436. The summed E-state index contributed by atoms with van der Waals surface area (Å²) in [7, 11) is 0. The van der Waals surface area contributed by atoms with E-state index in [-0.39, 0.29) is 42.5 Å². The molecule has 3 unspecified atom stereocenters. The van der Waals surface area contributed by atoms with Crippen molar-refractivity contribution in [3.63, 3.8) is 0 Å². The average Bonchev–Trinajstić information content (AvgIpc) is 3.44. The van der Waals surface area contributed by atoms with E-state index in [2.05, 4.69) is 0 Å². The largest absolute Gasteiger partial charge is 0.449 e. The van der Waals surface area contributed by atoms with E-state index in [0.29, 0.717) is 30.2 Å². The van der Waals surface area contributed by atoms with Gasteiger partial charge in [0.05, 0.1) is 6.10 Å². The van der Waals surface area contributed by atoms with E-state index in [1.165, 1.54) is 12.2 Å². The Kier molecular flexibility index (Phi) is 5.09. The van der Waals surface area contributed by atoms with Crippen molar-refractivity contribution in [2.24, 2.45) is 28.6 Å². The number of ether oxygens (including phenoxy) is 2. The van der Waals surface area contributed by atoms with E-state index >= 15 is 4.39 Å². The fourth-order valence-corrected chi connectivity index (χ4v) is 8.85. The number of carbonyl (C=O) groups excluding carboxylic acids is 3. The lowest BCUT2D eigenvalue weighted by Crippen LogP contribution is -2.63. The van der Waals surface area contributed by atoms with Gasteiger partial charge in [-0.3, -0.25) is 14.4 Å². The van der Waals surface area contributed by atoms with Crippen LogP contribution in [0.1, 0.15) is 53.4 Å². The Morgan fingerprint density at radius 1 is 1.27 bits per heavy atom. The average molecular weight is 481 g/mol. The Bertz CT molecular complexity index is 995. The van der Waals surface area contributed by atoms with Gasteiger partial charge in [-0.2, -0.15) is 0 Å². The number of hydrogen-bond acceptors (Lipinski definition) is 6. The third-order valence-corrected chi connectivity index (χ3v) is 10.2. The number of ketones is 1. The molecule has 9 atom stereocenters. The molecule has 1 aliphatic heterocycles. The van der Waals surface area contributed by atoms with E-state index in [9.17, 15) is 18.8 Å².